The molecular formula is C16H19N5O3. The van der Waals surface area contributed by atoms with Crippen LogP contribution in [0.4, 0.5) is 10.5 Å². The quantitative estimate of drug-likeness (QED) is 0.636. The van der Waals surface area contributed by atoms with Crippen molar-refractivity contribution in [3.05, 3.63) is 42.4 Å². The zero-order valence-corrected chi connectivity index (χ0v) is 13.3. The first-order valence-corrected chi connectivity index (χ1v) is 7.63. The lowest BCUT2D eigenvalue weighted by molar-refractivity contribution is 0.213. The molecule has 0 bridgehead atoms. The number of aromatic nitrogens is 3. The third-order valence-electron chi connectivity index (χ3n) is 3.75. The van der Waals surface area contributed by atoms with E-state index in [9.17, 15) is 9.90 Å². The van der Waals surface area contributed by atoms with E-state index in [1.54, 1.807) is 29.1 Å². The Balaban J connectivity index is 1.54. The maximum absolute atomic E-state index is 12.0. The molecule has 8 nitrogen and oxygen atoms in total. The summed E-state index contributed by atoms with van der Waals surface area (Å²) < 4.78 is 6.92. The highest BCUT2D eigenvalue weighted by atomic mass is 16.3. The van der Waals surface area contributed by atoms with Crippen molar-refractivity contribution in [1.82, 2.24) is 20.3 Å². The SMILES string of the molecule is Cn1nnc2cc(NC(=O)NC[C@@H](CO)Cc3ccco3)ccc21. The van der Waals surface area contributed by atoms with E-state index in [1.807, 2.05) is 19.2 Å². The van der Waals surface area contributed by atoms with E-state index in [1.165, 1.54) is 0 Å². The second-order valence-corrected chi connectivity index (χ2v) is 5.58. The maximum Gasteiger partial charge on any atom is 0.319 e. The number of carbonyl (C=O) groups excluding carboxylic acids is 1. The van der Waals surface area contributed by atoms with Crippen LogP contribution >= 0.6 is 0 Å². The number of fused-ring (bicyclic) bond motifs is 1. The highest BCUT2D eigenvalue weighted by Crippen LogP contribution is 2.16. The summed E-state index contributed by atoms with van der Waals surface area (Å²) in [5, 5.41) is 22.9. The number of amides is 2. The van der Waals surface area contributed by atoms with E-state index < -0.39 is 0 Å². The molecule has 126 valence electrons. The third kappa shape index (κ3) is 3.72. The van der Waals surface area contributed by atoms with E-state index in [0.717, 1.165) is 11.3 Å². The summed E-state index contributed by atoms with van der Waals surface area (Å²) in [6.45, 7) is 0.308. The fourth-order valence-electron chi connectivity index (χ4n) is 2.45. The number of urea groups is 1. The minimum Gasteiger partial charge on any atom is -0.469 e. The molecule has 1 aromatic carbocycles. The standard InChI is InChI=1S/C16H19N5O3/c1-21-15-5-4-12(8-14(15)19-20-21)18-16(23)17-9-11(10-22)7-13-3-2-6-24-13/h2-6,8,11,22H,7,9-10H2,1H3,(H2,17,18,23)/t11-/m0/s1. The van der Waals surface area contributed by atoms with Crippen LogP contribution in [0.3, 0.4) is 0 Å². The molecule has 2 amide bonds. The van der Waals surface area contributed by atoms with Crippen molar-refractivity contribution < 1.29 is 14.3 Å². The van der Waals surface area contributed by atoms with Gasteiger partial charge >= 0.3 is 6.03 Å². The van der Waals surface area contributed by atoms with Crippen molar-refractivity contribution in [2.24, 2.45) is 13.0 Å². The third-order valence-corrected chi connectivity index (χ3v) is 3.75. The highest BCUT2D eigenvalue weighted by molar-refractivity contribution is 5.91. The Kier molecular flexibility index (Phi) is 4.76. The molecule has 1 atom stereocenters. The minimum absolute atomic E-state index is 0.0352. The Labute approximate surface area is 138 Å². The molecule has 0 radical (unpaired) electrons. The molecule has 0 fully saturated rings. The normalized spacial score (nSPS) is 12.2. The number of aliphatic hydroxyl groups is 1. The molecule has 2 aromatic heterocycles. The summed E-state index contributed by atoms with van der Waals surface area (Å²) in [6.07, 6.45) is 2.15. The Morgan fingerprint density at radius 3 is 3.04 bits per heavy atom. The Hall–Kier alpha value is -2.87. The number of carbonyl (C=O) groups is 1. The predicted molar refractivity (Wildman–Crippen MR) is 88.5 cm³/mol. The molecule has 24 heavy (non-hydrogen) atoms. The molecule has 0 aliphatic carbocycles. The van der Waals surface area contributed by atoms with Gasteiger partial charge in [0, 0.05) is 38.2 Å². The van der Waals surface area contributed by atoms with Gasteiger partial charge in [-0.25, -0.2) is 9.48 Å². The minimum atomic E-state index is -0.337. The van der Waals surface area contributed by atoms with Crippen molar-refractivity contribution in [2.45, 2.75) is 6.42 Å². The molecule has 0 spiro atoms. The number of nitrogens with zero attached hydrogens (tertiary/aromatic N) is 3. The molecule has 3 aromatic rings. The molecular weight excluding hydrogens is 310 g/mol. The molecule has 0 unspecified atom stereocenters. The number of anilines is 1. The average molecular weight is 329 g/mol. The number of aryl methyl sites for hydroxylation is 1. The molecule has 8 heteroatoms. The van der Waals surface area contributed by atoms with Crippen molar-refractivity contribution in [3.63, 3.8) is 0 Å². The van der Waals surface area contributed by atoms with Gasteiger partial charge in [-0.3, -0.25) is 0 Å². The van der Waals surface area contributed by atoms with E-state index in [2.05, 4.69) is 20.9 Å². The lowest BCUT2D eigenvalue weighted by atomic mass is 10.1. The number of benzene rings is 1. The van der Waals surface area contributed by atoms with Crippen LogP contribution < -0.4 is 10.6 Å². The van der Waals surface area contributed by atoms with Crippen LogP contribution in [-0.2, 0) is 13.5 Å². The first-order chi connectivity index (χ1) is 11.7. The number of nitrogens with one attached hydrogen (secondary N) is 2. The topological polar surface area (TPSA) is 105 Å². The second-order valence-electron chi connectivity index (χ2n) is 5.58. The first-order valence-electron chi connectivity index (χ1n) is 7.63. The molecule has 2 heterocycles. The molecule has 0 saturated carbocycles. The molecule has 0 aliphatic heterocycles. The van der Waals surface area contributed by atoms with Gasteiger partial charge in [-0.05, 0) is 30.3 Å². The lowest BCUT2D eigenvalue weighted by Gasteiger charge is -2.14. The van der Waals surface area contributed by atoms with Gasteiger partial charge in [0.15, 0.2) is 0 Å². The van der Waals surface area contributed by atoms with E-state index >= 15 is 0 Å². The summed E-state index contributed by atoms with van der Waals surface area (Å²) in [5.74, 6) is 0.675. The second kappa shape index (κ2) is 7.14. The van der Waals surface area contributed by atoms with Crippen molar-refractivity contribution >= 4 is 22.8 Å². The predicted octanol–water partition coefficient (Wildman–Crippen LogP) is 1.53. The Morgan fingerprint density at radius 2 is 2.29 bits per heavy atom. The van der Waals surface area contributed by atoms with Gasteiger partial charge in [0.05, 0.1) is 11.8 Å². The van der Waals surface area contributed by atoms with E-state index in [0.29, 0.717) is 24.2 Å². The van der Waals surface area contributed by atoms with Crippen LogP contribution in [0.2, 0.25) is 0 Å². The van der Waals surface area contributed by atoms with Gasteiger partial charge in [-0.2, -0.15) is 0 Å². The number of hydrogen-bond donors (Lipinski definition) is 3. The van der Waals surface area contributed by atoms with Crippen molar-refractivity contribution in [3.8, 4) is 0 Å². The van der Waals surface area contributed by atoms with Crippen LogP contribution in [0.25, 0.3) is 11.0 Å². The van der Waals surface area contributed by atoms with Gasteiger partial charge in [-0.15, -0.1) is 5.10 Å². The molecule has 0 saturated heterocycles. The lowest BCUT2D eigenvalue weighted by Crippen LogP contribution is -2.34. The van der Waals surface area contributed by atoms with E-state index in [-0.39, 0.29) is 18.6 Å². The summed E-state index contributed by atoms with van der Waals surface area (Å²) in [6, 6.07) is 8.70. The summed E-state index contributed by atoms with van der Waals surface area (Å²) >= 11 is 0. The smallest absolute Gasteiger partial charge is 0.319 e. The van der Waals surface area contributed by atoms with Gasteiger partial charge < -0.3 is 20.2 Å². The van der Waals surface area contributed by atoms with Gasteiger partial charge in [0.1, 0.15) is 11.3 Å². The monoisotopic (exact) mass is 329 g/mol. The zero-order chi connectivity index (χ0) is 16.9. The van der Waals surface area contributed by atoms with Gasteiger partial charge in [-0.1, -0.05) is 5.21 Å². The van der Waals surface area contributed by atoms with Crippen LogP contribution in [-0.4, -0.2) is 39.3 Å². The largest absolute Gasteiger partial charge is 0.469 e. The fourth-order valence-corrected chi connectivity index (χ4v) is 2.45. The Bertz CT molecular complexity index is 812. The van der Waals surface area contributed by atoms with Gasteiger partial charge in [0.25, 0.3) is 0 Å². The molecule has 0 aliphatic rings. The fraction of sp³-hybridized carbons (Fsp3) is 0.312. The summed E-state index contributed by atoms with van der Waals surface area (Å²) in [4.78, 5) is 12.0. The van der Waals surface area contributed by atoms with Gasteiger partial charge in [0.2, 0.25) is 0 Å². The van der Waals surface area contributed by atoms with Crippen LogP contribution in [0.1, 0.15) is 5.76 Å². The number of hydrogen-bond acceptors (Lipinski definition) is 5. The summed E-state index contributed by atoms with van der Waals surface area (Å²) in [7, 11) is 1.81. The number of rotatable bonds is 6. The first kappa shape index (κ1) is 16.0. The van der Waals surface area contributed by atoms with E-state index in [4.69, 9.17) is 4.42 Å². The average Bonchev–Trinajstić information content (AvgIpc) is 3.21. The Morgan fingerprint density at radius 1 is 1.42 bits per heavy atom. The van der Waals surface area contributed by atoms with Crippen molar-refractivity contribution in [1.29, 1.82) is 0 Å². The summed E-state index contributed by atoms with van der Waals surface area (Å²) in [5.41, 5.74) is 2.23. The molecule has 3 rings (SSSR count). The number of furan rings is 1. The zero-order valence-electron chi connectivity index (χ0n) is 13.3. The number of aliphatic hydroxyl groups excluding tert-OH is 1. The van der Waals surface area contributed by atoms with Crippen LogP contribution in [0.15, 0.2) is 41.0 Å². The van der Waals surface area contributed by atoms with Crippen LogP contribution in [0, 0.1) is 5.92 Å². The highest BCUT2D eigenvalue weighted by Gasteiger charge is 2.12. The molecule has 3 N–H and O–H groups in total. The van der Waals surface area contributed by atoms with Crippen LogP contribution in [0.5, 0.6) is 0 Å². The maximum atomic E-state index is 12.0. The van der Waals surface area contributed by atoms with Crippen molar-refractivity contribution in [2.75, 3.05) is 18.5 Å².